The Morgan fingerprint density at radius 1 is 1.40 bits per heavy atom. The van der Waals surface area contributed by atoms with Crippen LogP contribution in [0.1, 0.15) is 42.7 Å². The molecular formula is C14H22N2O3S. The zero-order valence-corrected chi connectivity index (χ0v) is 12.9. The van der Waals surface area contributed by atoms with Gasteiger partial charge in [-0.3, -0.25) is 14.5 Å². The van der Waals surface area contributed by atoms with Crippen LogP contribution in [0, 0.1) is 0 Å². The van der Waals surface area contributed by atoms with Crippen LogP contribution in [0.5, 0.6) is 0 Å². The van der Waals surface area contributed by atoms with Crippen molar-refractivity contribution >= 4 is 17.3 Å². The highest BCUT2D eigenvalue weighted by Gasteiger charge is 2.20. The Morgan fingerprint density at radius 3 is 2.75 bits per heavy atom. The Morgan fingerprint density at radius 2 is 2.10 bits per heavy atom. The average molecular weight is 298 g/mol. The molecule has 0 radical (unpaired) electrons. The number of ether oxygens (including phenoxy) is 1. The summed E-state index contributed by atoms with van der Waals surface area (Å²) in [7, 11) is 3.46. The summed E-state index contributed by atoms with van der Waals surface area (Å²) in [6.45, 7) is 0.723. The van der Waals surface area contributed by atoms with Gasteiger partial charge in [-0.05, 0) is 19.9 Å². The molecule has 1 heterocycles. The molecular weight excluding hydrogens is 276 g/mol. The third kappa shape index (κ3) is 3.93. The minimum atomic E-state index is -0.319. The number of carbonyl (C=O) groups is 1. The first-order chi connectivity index (χ1) is 9.60. The van der Waals surface area contributed by atoms with E-state index >= 15 is 0 Å². The number of H-pyrrole nitrogens is 1. The van der Waals surface area contributed by atoms with E-state index in [4.69, 9.17) is 0 Å². The lowest BCUT2D eigenvalue weighted by atomic mass is 9.94. The number of rotatable bonds is 5. The predicted molar refractivity (Wildman–Crippen MR) is 79.0 cm³/mol. The maximum absolute atomic E-state index is 11.5. The van der Waals surface area contributed by atoms with E-state index in [1.165, 1.54) is 50.6 Å². The largest absolute Gasteiger partial charge is 0.469 e. The first kappa shape index (κ1) is 15.3. The highest BCUT2D eigenvalue weighted by molar-refractivity contribution is 7.09. The molecule has 112 valence electrons. The van der Waals surface area contributed by atoms with Gasteiger partial charge in [0, 0.05) is 23.2 Å². The summed E-state index contributed by atoms with van der Waals surface area (Å²) in [5, 5.41) is 0. The van der Waals surface area contributed by atoms with E-state index in [0.717, 1.165) is 11.4 Å². The molecule has 1 aromatic rings. The lowest BCUT2D eigenvalue weighted by Crippen LogP contribution is -2.32. The molecule has 0 atom stereocenters. The Kier molecular flexibility index (Phi) is 5.37. The minimum Gasteiger partial charge on any atom is -0.469 e. The zero-order valence-electron chi connectivity index (χ0n) is 12.1. The van der Waals surface area contributed by atoms with Crippen LogP contribution < -0.4 is 4.87 Å². The Labute approximate surface area is 122 Å². The topological polar surface area (TPSA) is 62.4 Å². The second-order valence-corrected chi connectivity index (χ2v) is 6.44. The van der Waals surface area contributed by atoms with E-state index in [-0.39, 0.29) is 17.3 Å². The Balaban J connectivity index is 2.04. The molecule has 0 saturated heterocycles. The molecule has 1 fully saturated rings. The van der Waals surface area contributed by atoms with Gasteiger partial charge in [-0.2, -0.15) is 0 Å². The summed E-state index contributed by atoms with van der Waals surface area (Å²) in [5.41, 5.74) is 0.703. The number of hydrogen-bond donors (Lipinski definition) is 1. The lowest BCUT2D eigenvalue weighted by Gasteiger charge is -2.30. The highest BCUT2D eigenvalue weighted by atomic mass is 32.1. The second-order valence-electron chi connectivity index (χ2n) is 5.38. The maximum Gasteiger partial charge on any atom is 0.311 e. The summed E-state index contributed by atoms with van der Waals surface area (Å²) in [6, 6.07) is 0.590. The number of aromatic amines is 1. The van der Waals surface area contributed by atoms with Gasteiger partial charge >= 0.3 is 10.8 Å². The molecule has 1 aliphatic rings. The minimum absolute atomic E-state index is 0.101. The Hall–Kier alpha value is -1.14. The van der Waals surface area contributed by atoms with Crippen LogP contribution in [0.2, 0.25) is 0 Å². The molecule has 0 amide bonds. The van der Waals surface area contributed by atoms with Crippen molar-refractivity contribution < 1.29 is 9.53 Å². The van der Waals surface area contributed by atoms with Gasteiger partial charge in [0.2, 0.25) is 0 Å². The SMILES string of the molecule is COC(=O)Cc1[nH]c(=O)sc1CN(C)C1CCCCC1. The van der Waals surface area contributed by atoms with Crippen LogP contribution in [0.15, 0.2) is 4.79 Å². The third-order valence-electron chi connectivity index (χ3n) is 3.95. The number of nitrogens with zero attached hydrogens (tertiary/aromatic N) is 1. The van der Waals surface area contributed by atoms with Crippen LogP contribution >= 0.6 is 11.3 Å². The summed E-state index contributed by atoms with van der Waals surface area (Å²) < 4.78 is 4.67. The quantitative estimate of drug-likeness (QED) is 0.844. The van der Waals surface area contributed by atoms with Gasteiger partial charge in [0.1, 0.15) is 0 Å². The molecule has 1 aliphatic carbocycles. The van der Waals surface area contributed by atoms with Gasteiger partial charge in [0.05, 0.1) is 13.5 Å². The summed E-state index contributed by atoms with van der Waals surface area (Å²) in [4.78, 5) is 28.8. The van der Waals surface area contributed by atoms with Crippen LogP contribution in [0.4, 0.5) is 0 Å². The van der Waals surface area contributed by atoms with E-state index in [9.17, 15) is 9.59 Å². The van der Waals surface area contributed by atoms with Crippen LogP contribution in [0.25, 0.3) is 0 Å². The van der Waals surface area contributed by atoms with E-state index < -0.39 is 0 Å². The van der Waals surface area contributed by atoms with Crippen molar-refractivity contribution in [3.63, 3.8) is 0 Å². The fourth-order valence-corrected chi connectivity index (χ4v) is 3.67. The molecule has 6 heteroatoms. The van der Waals surface area contributed by atoms with E-state index in [1.807, 2.05) is 0 Å². The van der Waals surface area contributed by atoms with Crippen molar-refractivity contribution in [1.29, 1.82) is 0 Å². The molecule has 1 aromatic heterocycles. The van der Waals surface area contributed by atoms with Crippen molar-refractivity contribution in [3.05, 3.63) is 20.2 Å². The molecule has 0 aliphatic heterocycles. The summed E-state index contributed by atoms with van der Waals surface area (Å²) in [5.74, 6) is -0.319. The number of methoxy groups -OCH3 is 1. The summed E-state index contributed by atoms with van der Waals surface area (Å²) >= 11 is 1.20. The first-order valence-corrected chi connectivity index (χ1v) is 7.89. The third-order valence-corrected chi connectivity index (χ3v) is 4.85. The van der Waals surface area contributed by atoms with Gasteiger partial charge in [-0.1, -0.05) is 30.6 Å². The maximum atomic E-state index is 11.5. The van der Waals surface area contributed by atoms with Gasteiger partial charge in [0.25, 0.3) is 0 Å². The van der Waals surface area contributed by atoms with Crippen LogP contribution in [0.3, 0.4) is 0 Å². The van der Waals surface area contributed by atoms with Gasteiger partial charge in [0.15, 0.2) is 0 Å². The van der Waals surface area contributed by atoms with E-state index in [2.05, 4.69) is 21.7 Å². The molecule has 0 aromatic carbocycles. The van der Waals surface area contributed by atoms with Crippen molar-refractivity contribution in [2.75, 3.05) is 14.2 Å². The first-order valence-electron chi connectivity index (χ1n) is 7.08. The predicted octanol–water partition coefficient (Wildman–Crippen LogP) is 1.92. The zero-order chi connectivity index (χ0) is 14.5. The molecule has 1 saturated carbocycles. The van der Waals surface area contributed by atoms with Crippen molar-refractivity contribution in [1.82, 2.24) is 9.88 Å². The molecule has 0 spiro atoms. The van der Waals surface area contributed by atoms with Crippen LogP contribution in [-0.4, -0.2) is 36.1 Å². The normalized spacial score (nSPS) is 16.6. The molecule has 20 heavy (non-hydrogen) atoms. The molecule has 5 nitrogen and oxygen atoms in total. The van der Waals surface area contributed by atoms with Gasteiger partial charge in [-0.25, -0.2) is 0 Å². The molecule has 2 rings (SSSR count). The van der Waals surface area contributed by atoms with Crippen molar-refractivity contribution in [2.24, 2.45) is 0 Å². The smallest absolute Gasteiger partial charge is 0.311 e. The average Bonchev–Trinajstić information content (AvgIpc) is 2.79. The highest BCUT2D eigenvalue weighted by Crippen LogP contribution is 2.24. The van der Waals surface area contributed by atoms with E-state index in [0.29, 0.717) is 11.7 Å². The Bertz CT molecular complexity index is 503. The fraction of sp³-hybridized carbons (Fsp3) is 0.714. The number of aromatic nitrogens is 1. The van der Waals surface area contributed by atoms with Crippen LogP contribution in [-0.2, 0) is 22.5 Å². The molecule has 0 bridgehead atoms. The fourth-order valence-electron chi connectivity index (χ4n) is 2.76. The number of thiazole rings is 1. The number of hydrogen-bond acceptors (Lipinski definition) is 5. The van der Waals surface area contributed by atoms with Gasteiger partial charge < -0.3 is 9.72 Å². The number of esters is 1. The van der Waals surface area contributed by atoms with E-state index in [1.54, 1.807) is 0 Å². The molecule has 1 N–H and O–H groups in total. The van der Waals surface area contributed by atoms with Gasteiger partial charge in [-0.15, -0.1) is 0 Å². The summed E-state index contributed by atoms with van der Waals surface area (Å²) in [6.07, 6.45) is 6.49. The number of carbonyl (C=O) groups excluding carboxylic acids is 1. The number of nitrogens with one attached hydrogen (secondary N) is 1. The lowest BCUT2D eigenvalue weighted by molar-refractivity contribution is -0.139. The standard InChI is InChI=1S/C14H22N2O3S/c1-16(10-6-4-3-5-7-10)9-12-11(8-13(17)19-2)15-14(18)20-12/h10H,3-9H2,1-2H3,(H,15,18). The second kappa shape index (κ2) is 7.04. The molecule has 0 unspecified atom stereocenters. The van der Waals surface area contributed by atoms with Crippen molar-refractivity contribution in [2.45, 2.75) is 51.1 Å². The van der Waals surface area contributed by atoms with Crippen molar-refractivity contribution in [3.8, 4) is 0 Å². The monoisotopic (exact) mass is 298 g/mol.